The van der Waals surface area contributed by atoms with E-state index in [-0.39, 0.29) is 6.61 Å². The summed E-state index contributed by atoms with van der Waals surface area (Å²) in [5.74, 6) is -1.76. The molecule has 2 aliphatic heterocycles. The average molecular weight is 386 g/mol. The number of hydrogen-bond acceptors (Lipinski definition) is 9. The van der Waals surface area contributed by atoms with Crippen molar-refractivity contribution in [3.05, 3.63) is 35.9 Å². The molecule has 0 bridgehead atoms. The van der Waals surface area contributed by atoms with Crippen LogP contribution in [0.3, 0.4) is 0 Å². The van der Waals surface area contributed by atoms with Crippen LogP contribution in [0.1, 0.15) is 19.4 Å². The first-order chi connectivity index (χ1) is 12.1. The normalized spacial score (nSPS) is 32.7. The number of rotatable bonds is 3. The number of carboxylic acids is 1. The molecule has 10 nitrogen and oxygen atoms in total. The molecule has 2 fully saturated rings. The van der Waals surface area contributed by atoms with Crippen LogP contribution in [0.15, 0.2) is 30.3 Å². The Morgan fingerprint density at radius 3 is 2.54 bits per heavy atom. The number of amides is 1. The summed E-state index contributed by atoms with van der Waals surface area (Å²) in [5, 5.41) is 12.2. The standard InChI is InChI=1S/C15H17NO9S/c1-9-11-12(24-26(20,21)23-11)15(2,13(17)18)25-16(9)14(19)22-8-10-6-4-3-5-7-10/h3-7,9,11-12H,8H2,1-2H3,(H,17,18)/p-1/t9-,11-,12+,15-/m1/s1. The molecule has 0 saturated carbocycles. The Balaban J connectivity index is 1.81. The topological polar surface area (TPSA) is 132 Å². The zero-order valence-electron chi connectivity index (χ0n) is 13.9. The lowest BCUT2D eigenvalue weighted by atomic mass is 9.89. The lowest BCUT2D eigenvalue weighted by molar-refractivity contribution is -0.365. The largest absolute Gasteiger partial charge is 0.547 e. The van der Waals surface area contributed by atoms with Gasteiger partial charge in [0, 0.05) is 0 Å². The molecule has 2 heterocycles. The second-order valence-corrected chi connectivity index (χ2v) is 7.28. The van der Waals surface area contributed by atoms with Crippen molar-refractivity contribution in [2.45, 2.75) is 44.3 Å². The van der Waals surface area contributed by atoms with Crippen molar-refractivity contribution in [2.24, 2.45) is 0 Å². The van der Waals surface area contributed by atoms with Crippen LogP contribution in [0.25, 0.3) is 0 Å². The first-order valence-corrected chi connectivity index (χ1v) is 8.99. The molecule has 0 aromatic heterocycles. The van der Waals surface area contributed by atoms with Crippen molar-refractivity contribution < 1.29 is 41.1 Å². The van der Waals surface area contributed by atoms with Crippen LogP contribution in [0.5, 0.6) is 0 Å². The molecule has 2 saturated heterocycles. The molecule has 26 heavy (non-hydrogen) atoms. The van der Waals surface area contributed by atoms with Gasteiger partial charge in [0.2, 0.25) is 0 Å². The zero-order valence-corrected chi connectivity index (χ0v) is 14.7. The van der Waals surface area contributed by atoms with E-state index in [1.54, 1.807) is 30.3 Å². The number of benzene rings is 1. The number of aliphatic carboxylic acids is 1. The Hall–Kier alpha value is -2.21. The van der Waals surface area contributed by atoms with E-state index in [1.807, 2.05) is 0 Å². The summed E-state index contributed by atoms with van der Waals surface area (Å²) in [6.07, 6.45) is -3.80. The number of hydrogen-bond donors (Lipinski definition) is 0. The first kappa shape index (κ1) is 18.6. The number of carboxylic acid groups (broad SMARTS) is 1. The summed E-state index contributed by atoms with van der Waals surface area (Å²) in [4.78, 5) is 29.1. The predicted molar refractivity (Wildman–Crippen MR) is 81.1 cm³/mol. The Morgan fingerprint density at radius 1 is 1.27 bits per heavy atom. The number of carbonyl (C=O) groups excluding carboxylic acids is 2. The number of ether oxygens (including phenoxy) is 1. The zero-order chi connectivity index (χ0) is 19.1. The van der Waals surface area contributed by atoms with E-state index >= 15 is 0 Å². The molecule has 1 aromatic rings. The highest BCUT2D eigenvalue weighted by Gasteiger charge is 2.61. The first-order valence-electron chi connectivity index (χ1n) is 7.66. The minimum absolute atomic E-state index is 0.0853. The molecule has 1 amide bonds. The second-order valence-electron chi connectivity index (χ2n) is 6.08. The molecule has 142 valence electrons. The SMILES string of the molecule is C[C@@H]1[C@H]2OS(=O)(=O)O[C@@H]2[C@](C)(C(=O)[O-])ON1C(=O)OCc1ccccc1. The van der Waals surface area contributed by atoms with E-state index < -0.39 is 46.3 Å². The van der Waals surface area contributed by atoms with Gasteiger partial charge in [-0.3, -0.25) is 4.84 Å². The van der Waals surface area contributed by atoms with Gasteiger partial charge in [0.25, 0.3) is 0 Å². The fourth-order valence-electron chi connectivity index (χ4n) is 2.74. The van der Waals surface area contributed by atoms with Crippen molar-refractivity contribution in [3.63, 3.8) is 0 Å². The summed E-state index contributed by atoms with van der Waals surface area (Å²) in [6.45, 7) is 2.37. The lowest BCUT2D eigenvalue weighted by Crippen LogP contribution is -2.69. The molecule has 0 unspecified atom stereocenters. The quantitative estimate of drug-likeness (QED) is 0.674. The molecule has 0 N–H and O–H groups in total. The van der Waals surface area contributed by atoms with E-state index in [4.69, 9.17) is 13.8 Å². The van der Waals surface area contributed by atoms with Gasteiger partial charge in [-0.25, -0.2) is 13.2 Å². The molecule has 4 atom stereocenters. The number of nitrogens with zero attached hydrogens (tertiary/aromatic N) is 1. The molecule has 11 heteroatoms. The smallest absolute Gasteiger partial charge is 0.434 e. The van der Waals surface area contributed by atoms with Gasteiger partial charge in [-0.2, -0.15) is 13.5 Å². The highest BCUT2D eigenvalue weighted by Crippen LogP contribution is 2.39. The fourth-order valence-corrected chi connectivity index (χ4v) is 3.87. The van der Waals surface area contributed by atoms with Crippen molar-refractivity contribution in [1.82, 2.24) is 5.06 Å². The predicted octanol–water partition coefficient (Wildman–Crippen LogP) is -0.504. The van der Waals surface area contributed by atoms with Crippen LogP contribution in [0, 0.1) is 0 Å². The van der Waals surface area contributed by atoms with E-state index in [9.17, 15) is 23.1 Å². The van der Waals surface area contributed by atoms with E-state index in [2.05, 4.69) is 4.18 Å². The highest BCUT2D eigenvalue weighted by molar-refractivity contribution is 7.82. The maximum atomic E-state index is 12.4. The van der Waals surface area contributed by atoms with Gasteiger partial charge in [-0.05, 0) is 19.4 Å². The summed E-state index contributed by atoms with van der Waals surface area (Å²) >= 11 is 0. The molecule has 0 radical (unpaired) electrons. The Labute approximate surface area is 149 Å². The summed E-state index contributed by atoms with van der Waals surface area (Å²) in [5.41, 5.74) is -1.57. The van der Waals surface area contributed by atoms with Gasteiger partial charge in [0.15, 0.2) is 5.60 Å². The number of hydroxylamine groups is 2. The van der Waals surface area contributed by atoms with Crippen LogP contribution < -0.4 is 5.11 Å². The molecule has 0 aliphatic carbocycles. The van der Waals surface area contributed by atoms with Crippen molar-refractivity contribution in [2.75, 3.05) is 0 Å². The van der Waals surface area contributed by atoms with Crippen LogP contribution >= 0.6 is 0 Å². The monoisotopic (exact) mass is 386 g/mol. The maximum Gasteiger partial charge on any atom is 0.434 e. The Morgan fingerprint density at radius 2 is 1.92 bits per heavy atom. The fraction of sp³-hybridized carbons (Fsp3) is 0.467. The molecular formula is C15H16NO9S-. The molecule has 2 aliphatic rings. The second kappa shape index (κ2) is 6.50. The number of fused-ring (bicyclic) bond motifs is 1. The third-order valence-corrected chi connectivity index (χ3v) is 5.12. The minimum Gasteiger partial charge on any atom is -0.547 e. The minimum atomic E-state index is -4.42. The van der Waals surface area contributed by atoms with Gasteiger partial charge < -0.3 is 14.6 Å². The van der Waals surface area contributed by atoms with Crippen LogP contribution in [0.2, 0.25) is 0 Å². The molecule has 1 aromatic carbocycles. The van der Waals surface area contributed by atoms with Crippen LogP contribution in [-0.2, 0) is 39.7 Å². The van der Waals surface area contributed by atoms with Gasteiger partial charge in [-0.1, -0.05) is 30.3 Å². The maximum absolute atomic E-state index is 12.4. The number of carbonyl (C=O) groups is 2. The van der Waals surface area contributed by atoms with Gasteiger partial charge in [-0.15, -0.1) is 0 Å². The van der Waals surface area contributed by atoms with Gasteiger partial charge in [0.1, 0.15) is 18.8 Å². The Bertz CT molecular complexity index is 812. The van der Waals surface area contributed by atoms with Crippen LogP contribution in [-0.4, -0.2) is 49.4 Å². The summed E-state index contributed by atoms with van der Waals surface area (Å²) < 4.78 is 37.8. The third-order valence-electron chi connectivity index (χ3n) is 4.22. The van der Waals surface area contributed by atoms with Crippen molar-refractivity contribution in [1.29, 1.82) is 0 Å². The summed E-state index contributed by atoms with van der Waals surface area (Å²) in [7, 11) is -4.42. The molecule has 0 spiro atoms. The highest BCUT2D eigenvalue weighted by atomic mass is 32.3. The van der Waals surface area contributed by atoms with E-state index in [1.165, 1.54) is 6.92 Å². The lowest BCUT2D eigenvalue weighted by Gasteiger charge is -2.47. The average Bonchev–Trinajstić information content (AvgIpc) is 2.93. The van der Waals surface area contributed by atoms with Gasteiger partial charge in [0.05, 0.1) is 12.0 Å². The molecular weight excluding hydrogens is 370 g/mol. The van der Waals surface area contributed by atoms with E-state index in [0.29, 0.717) is 10.6 Å². The molecule has 3 rings (SSSR count). The van der Waals surface area contributed by atoms with Crippen molar-refractivity contribution in [3.8, 4) is 0 Å². The summed E-state index contributed by atoms with van der Waals surface area (Å²) in [6, 6.07) is 7.79. The van der Waals surface area contributed by atoms with E-state index in [0.717, 1.165) is 6.92 Å². The van der Waals surface area contributed by atoms with Crippen molar-refractivity contribution >= 4 is 22.5 Å². The Kier molecular flexibility index (Phi) is 4.65. The van der Waals surface area contributed by atoms with Gasteiger partial charge >= 0.3 is 16.5 Å². The third kappa shape index (κ3) is 3.26. The van der Waals surface area contributed by atoms with Crippen LogP contribution in [0.4, 0.5) is 4.79 Å².